The Bertz CT molecular complexity index is 441. The molecule has 0 radical (unpaired) electrons. The van der Waals surface area contributed by atoms with E-state index in [1.54, 1.807) is 0 Å². The summed E-state index contributed by atoms with van der Waals surface area (Å²) in [6.45, 7) is 4.89. The van der Waals surface area contributed by atoms with Gasteiger partial charge >= 0.3 is 0 Å². The maximum absolute atomic E-state index is 11.9. The molecule has 0 rings (SSSR count). The van der Waals surface area contributed by atoms with Crippen LogP contribution in [0, 0.1) is 0 Å². The second kappa shape index (κ2) is 25.5. The van der Waals surface area contributed by atoms with E-state index in [0.29, 0.717) is 12.8 Å². The first kappa shape index (κ1) is 31.9. The monoisotopic (exact) mass is 467 g/mol. The van der Waals surface area contributed by atoms with Crippen molar-refractivity contribution in [3.63, 3.8) is 0 Å². The SMILES string of the molecule is CCCCCCCCCCCCCCCCNC(=O)CCCCC(=O)NCCCCN(C)C. The number of nitrogens with one attached hydrogen (secondary N) is 2. The van der Waals surface area contributed by atoms with E-state index in [9.17, 15) is 9.59 Å². The van der Waals surface area contributed by atoms with E-state index in [0.717, 1.165) is 51.7 Å². The third kappa shape index (κ3) is 27.0. The molecule has 0 fully saturated rings. The fraction of sp³-hybridized carbons (Fsp3) is 0.929. The van der Waals surface area contributed by atoms with Crippen LogP contribution in [-0.4, -0.2) is 50.4 Å². The standard InChI is InChI=1S/C28H57N3O2/c1-4-5-6-7-8-9-10-11-12-13-14-15-16-19-24-29-27(32)22-17-18-23-28(33)30-25-20-21-26-31(2)3/h4-26H2,1-3H3,(H,29,32)(H,30,33). The quantitative estimate of drug-likeness (QED) is 0.149. The van der Waals surface area contributed by atoms with Gasteiger partial charge in [0.15, 0.2) is 0 Å². The van der Waals surface area contributed by atoms with Crippen molar-refractivity contribution in [2.24, 2.45) is 0 Å². The Balaban J connectivity index is 3.26. The van der Waals surface area contributed by atoms with E-state index < -0.39 is 0 Å². The molecule has 0 aromatic carbocycles. The molecule has 0 atom stereocenters. The summed E-state index contributed by atoms with van der Waals surface area (Å²) in [6.07, 6.45) is 23.7. The minimum Gasteiger partial charge on any atom is -0.356 e. The summed E-state index contributed by atoms with van der Waals surface area (Å²) in [6, 6.07) is 0. The van der Waals surface area contributed by atoms with Crippen LogP contribution >= 0.6 is 0 Å². The molecule has 0 spiro atoms. The van der Waals surface area contributed by atoms with Gasteiger partial charge in [-0.05, 0) is 52.7 Å². The van der Waals surface area contributed by atoms with Gasteiger partial charge in [0, 0.05) is 25.9 Å². The first-order valence-electron chi connectivity index (χ1n) is 14.2. The van der Waals surface area contributed by atoms with Crippen molar-refractivity contribution in [3.05, 3.63) is 0 Å². The third-order valence-corrected chi connectivity index (χ3v) is 6.26. The van der Waals surface area contributed by atoms with Crippen molar-refractivity contribution in [2.75, 3.05) is 33.7 Å². The second-order valence-corrected chi connectivity index (χ2v) is 10.0. The molecule has 5 nitrogen and oxygen atoms in total. The number of nitrogens with zero attached hydrogens (tertiary/aromatic N) is 1. The normalized spacial score (nSPS) is 11.2. The van der Waals surface area contributed by atoms with Gasteiger partial charge in [0.1, 0.15) is 0 Å². The highest BCUT2D eigenvalue weighted by atomic mass is 16.2. The van der Waals surface area contributed by atoms with Gasteiger partial charge in [0.2, 0.25) is 11.8 Å². The number of carbonyl (C=O) groups is 2. The minimum atomic E-state index is 0.114. The molecule has 0 aliphatic rings. The van der Waals surface area contributed by atoms with E-state index in [2.05, 4.69) is 36.6 Å². The maximum Gasteiger partial charge on any atom is 0.219 e. The average Bonchev–Trinajstić information content (AvgIpc) is 2.79. The molecule has 5 heteroatoms. The van der Waals surface area contributed by atoms with Crippen LogP contribution in [0.4, 0.5) is 0 Å². The maximum atomic E-state index is 11.9. The average molecular weight is 468 g/mol. The van der Waals surface area contributed by atoms with Gasteiger partial charge in [-0.15, -0.1) is 0 Å². The minimum absolute atomic E-state index is 0.114. The Hall–Kier alpha value is -1.10. The van der Waals surface area contributed by atoms with Gasteiger partial charge < -0.3 is 15.5 Å². The molecule has 0 aromatic heterocycles. The first-order valence-corrected chi connectivity index (χ1v) is 14.2. The van der Waals surface area contributed by atoms with Crippen LogP contribution in [0.1, 0.15) is 135 Å². The Labute approximate surface area is 206 Å². The largest absolute Gasteiger partial charge is 0.356 e. The number of carbonyl (C=O) groups excluding carboxylic acids is 2. The molecule has 196 valence electrons. The Morgan fingerprint density at radius 3 is 1.27 bits per heavy atom. The van der Waals surface area contributed by atoms with Crippen LogP contribution in [0.5, 0.6) is 0 Å². The van der Waals surface area contributed by atoms with Gasteiger partial charge in [-0.2, -0.15) is 0 Å². The lowest BCUT2D eigenvalue weighted by molar-refractivity contribution is -0.123. The lowest BCUT2D eigenvalue weighted by Gasteiger charge is -2.09. The fourth-order valence-electron chi connectivity index (χ4n) is 4.08. The molecule has 33 heavy (non-hydrogen) atoms. The van der Waals surface area contributed by atoms with E-state index in [4.69, 9.17) is 0 Å². The smallest absolute Gasteiger partial charge is 0.219 e. The first-order chi connectivity index (χ1) is 16.1. The van der Waals surface area contributed by atoms with Crippen LogP contribution in [0.25, 0.3) is 0 Å². The fourth-order valence-corrected chi connectivity index (χ4v) is 4.08. The molecule has 0 aromatic rings. The van der Waals surface area contributed by atoms with Gasteiger partial charge in [-0.1, -0.05) is 90.4 Å². The van der Waals surface area contributed by atoms with E-state index >= 15 is 0 Å². The predicted molar refractivity (Wildman–Crippen MR) is 143 cm³/mol. The molecular weight excluding hydrogens is 410 g/mol. The number of unbranched alkanes of at least 4 members (excludes halogenated alkanes) is 15. The summed E-state index contributed by atoms with van der Waals surface area (Å²) in [5.41, 5.74) is 0. The molecule has 2 amide bonds. The van der Waals surface area contributed by atoms with E-state index in [-0.39, 0.29) is 11.8 Å². The van der Waals surface area contributed by atoms with Crippen molar-refractivity contribution < 1.29 is 9.59 Å². The Morgan fingerprint density at radius 2 is 0.879 bits per heavy atom. The van der Waals surface area contributed by atoms with Gasteiger partial charge in [0.25, 0.3) is 0 Å². The van der Waals surface area contributed by atoms with Crippen LogP contribution < -0.4 is 10.6 Å². The third-order valence-electron chi connectivity index (χ3n) is 6.26. The summed E-state index contributed by atoms with van der Waals surface area (Å²) in [5, 5.41) is 6.00. The Morgan fingerprint density at radius 1 is 0.515 bits per heavy atom. The molecule has 0 aliphatic carbocycles. The zero-order valence-corrected chi connectivity index (χ0v) is 22.5. The zero-order valence-electron chi connectivity index (χ0n) is 22.5. The highest BCUT2D eigenvalue weighted by Crippen LogP contribution is 2.12. The van der Waals surface area contributed by atoms with Crippen LogP contribution in [0.3, 0.4) is 0 Å². The summed E-state index contributed by atoms with van der Waals surface area (Å²) in [5.74, 6) is 0.247. The number of hydrogen-bond donors (Lipinski definition) is 2. The molecule has 0 heterocycles. The van der Waals surface area contributed by atoms with Gasteiger partial charge in [-0.3, -0.25) is 9.59 Å². The van der Waals surface area contributed by atoms with Crippen molar-refractivity contribution in [1.82, 2.24) is 15.5 Å². The summed E-state index contributed by atoms with van der Waals surface area (Å²) in [7, 11) is 4.13. The zero-order chi connectivity index (χ0) is 24.4. The molecule has 0 saturated carbocycles. The van der Waals surface area contributed by atoms with Crippen LogP contribution in [-0.2, 0) is 9.59 Å². The predicted octanol–water partition coefficient (Wildman–Crippen LogP) is 6.60. The molecular formula is C28H57N3O2. The summed E-state index contributed by atoms with van der Waals surface area (Å²) < 4.78 is 0. The van der Waals surface area contributed by atoms with Crippen LogP contribution in [0.2, 0.25) is 0 Å². The second-order valence-electron chi connectivity index (χ2n) is 10.0. The van der Waals surface area contributed by atoms with Gasteiger partial charge in [0.05, 0.1) is 0 Å². The topological polar surface area (TPSA) is 61.4 Å². The molecule has 0 unspecified atom stereocenters. The molecule has 0 saturated heterocycles. The van der Waals surface area contributed by atoms with Crippen molar-refractivity contribution in [2.45, 2.75) is 135 Å². The van der Waals surface area contributed by atoms with Crippen molar-refractivity contribution >= 4 is 11.8 Å². The number of hydrogen-bond acceptors (Lipinski definition) is 3. The lowest BCUT2D eigenvalue weighted by Crippen LogP contribution is -2.25. The van der Waals surface area contributed by atoms with Crippen molar-refractivity contribution in [1.29, 1.82) is 0 Å². The van der Waals surface area contributed by atoms with E-state index in [1.165, 1.54) is 83.5 Å². The number of rotatable bonds is 25. The molecule has 0 bridgehead atoms. The summed E-state index contributed by atoms with van der Waals surface area (Å²) in [4.78, 5) is 25.9. The van der Waals surface area contributed by atoms with Crippen LogP contribution in [0.15, 0.2) is 0 Å². The highest BCUT2D eigenvalue weighted by molar-refractivity contribution is 5.77. The number of amides is 2. The van der Waals surface area contributed by atoms with Gasteiger partial charge in [-0.25, -0.2) is 0 Å². The molecule has 0 aliphatic heterocycles. The Kier molecular flexibility index (Phi) is 24.7. The van der Waals surface area contributed by atoms with E-state index in [1.807, 2.05) is 0 Å². The van der Waals surface area contributed by atoms with Crippen molar-refractivity contribution in [3.8, 4) is 0 Å². The summed E-state index contributed by atoms with van der Waals surface area (Å²) >= 11 is 0. The lowest BCUT2D eigenvalue weighted by atomic mass is 10.0. The molecule has 2 N–H and O–H groups in total. The highest BCUT2D eigenvalue weighted by Gasteiger charge is 2.04.